The molecule has 0 spiro atoms. The van der Waals surface area contributed by atoms with Crippen molar-refractivity contribution >= 4 is 22.3 Å². The van der Waals surface area contributed by atoms with E-state index in [9.17, 15) is 0 Å². The summed E-state index contributed by atoms with van der Waals surface area (Å²) >= 11 is 0. The van der Waals surface area contributed by atoms with E-state index in [0.717, 1.165) is 94.7 Å². The Kier molecular flexibility index (Phi) is 45.1. The summed E-state index contributed by atoms with van der Waals surface area (Å²) in [4.78, 5) is 0.520. The number of benzene rings is 2. The number of hydrogen-bond acceptors (Lipinski definition) is 3. The summed E-state index contributed by atoms with van der Waals surface area (Å²) in [6.07, 6.45) is 68.2. The molecule has 0 amide bonds. The van der Waals surface area contributed by atoms with Crippen molar-refractivity contribution in [3.63, 3.8) is 0 Å². The quantitative estimate of drug-likeness (QED) is 0.0490. The van der Waals surface area contributed by atoms with Crippen molar-refractivity contribution in [2.24, 2.45) is 0 Å². The third-order valence-electron chi connectivity index (χ3n) is 17.9. The van der Waals surface area contributed by atoms with Crippen LogP contribution in [0.15, 0.2) is 47.4 Å². The van der Waals surface area contributed by atoms with Crippen LogP contribution in [-0.2, 0) is 33.4 Å². The summed E-state index contributed by atoms with van der Waals surface area (Å²) in [6, 6.07) is 15.2. The van der Waals surface area contributed by atoms with Crippen molar-refractivity contribution in [1.82, 2.24) is 0 Å². The smallest absolute Gasteiger partial charge is 0.0654 e. The van der Waals surface area contributed by atoms with Crippen LogP contribution in [0.25, 0.3) is 0 Å². The van der Waals surface area contributed by atoms with E-state index in [4.69, 9.17) is 3.97 Å². The molecule has 3 nitrogen and oxygen atoms in total. The second-order valence-electron chi connectivity index (χ2n) is 24.9. The molecule has 0 heterocycles. The topological polar surface area (TPSA) is 43.4 Å². The van der Waals surface area contributed by atoms with E-state index < -0.39 is 16.9 Å². The third-order valence-corrected chi connectivity index (χ3v) is 26.8. The second-order valence-corrected chi connectivity index (χ2v) is 32.0. The summed E-state index contributed by atoms with van der Waals surface area (Å²) in [5.74, 6) is 0. The molecular weight excluding hydrogens is 976 g/mol. The van der Waals surface area contributed by atoms with Gasteiger partial charge in [-0.05, 0) is 0 Å². The van der Waals surface area contributed by atoms with E-state index in [-0.39, 0.29) is 0 Å². The van der Waals surface area contributed by atoms with Crippen molar-refractivity contribution in [3.8, 4) is 0 Å². The van der Waals surface area contributed by atoms with Gasteiger partial charge in [0.25, 0.3) is 0 Å². The van der Waals surface area contributed by atoms with Gasteiger partial charge in [0, 0.05) is 0 Å². The molecule has 2 rings (SSSR count). The molecule has 0 aromatic heterocycles. The molecule has 0 aliphatic carbocycles. The summed E-state index contributed by atoms with van der Waals surface area (Å²) in [5.41, 5.74) is 3.95. The van der Waals surface area contributed by atoms with E-state index in [1.54, 1.807) is 0 Å². The predicted molar refractivity (Wildman–Crippen MR) is 349 cm³/mol. The van der Waals surface area contributed by atoms with Gasteiger partial charge in [0.2, 0.25) is 0 Å². The molecule has 0 saturated carbocycles. The van der Waals surface area contributed by atoms with Gasteiger partial charge in [0.15, 0.2) is 0 Å². The second kappa shape index (κ2) is 48.3. The molecule has 450 valence electrons. The molecule has 0 fully saturated rings. The van der Waals surface area contributed by atoms with E-state index in [2.05, 4.69) is 84.0 Å². The molecule has 77 heavy (non-hydrogen) atoms. The molecule has 0 N–H and O–H groups in total. The van der Waals surface area contributed by atoms with Crippen molar-refractivity contribution in [2.45, 2.75) is 374 Å². The first-order valence-corrected chi connectivity index (χ1v) is 39.1. The number of rotatable bonds is 58. The SMILES string of the molecule is CCCCCCCCCCCCCCCCc1ccc(S(=O)(=O)OP(CCCC)(CCCC)(CCCC)c2ccccc2)c(CCCCCCCCCCCCCCCC)c1CCCCCCCCCCCCCCCC. The van der Waals surface area contributed by atoms with Crippen LogP contribution >= 0.6 is 6.83 Å². The molecule has 0 radical (unpaired) electrons. The van der Waals surface area contributed by atoms with Crippen LogP contribution in [0, 0.1) is 0 Å². The number of unbranched alkanes of at least 4 members (excludes halogenated alkanes) is 42. The van der Waals surface area contributed by atoms with Crippen LogP contribution in [0.3, 0.4) is 0 Å². The Morgan fingerprint density at radius 2 is 0.571 bits per heavy atom. The van der Waals surface area contributed by atoms with Gasteiger partial charge in [-0.1, -0.05) is 175 Å². The fourth-order valence-electron chi connectivity index (χ4n) is 12.8. The van der Waals surface area contributed by atoms with Gasteiger partial charge in [-0.3, -0.25) is 0 Å². The Labute approximate surface area is 483 Å². The average Bonchev–Trinajstić information content (AvgIpc) is 3.46. The molecule has 2 aromatic carbocycles. The minimum atomic E-state index is -4.11. The Bertz CT molecular complexity index is 1700. The molecular formula is C72H133O3PS. The van der Waals surface area contributed by atoms with Gasteiger partial charge in [0.1, 0.15) is 0 Å². The van der Waals surface area contributed by atoms with Crippen molar-refractivity contribution in [2.75, 3.05) is 18.5 Å². The third kappa shape index (κ3) is 32.3. The van der Waals surface area contributed by atoms with E-state index >= 15 is 8.42 Å². The first-order valence-electron chi connectivity index (χ1n) is 34.9. The van der Waals surface area contributed by atoms with Crippen molar-refractivity contribution < 1.29 is 12.4 Å². The summed E-state index contributed by atoms with van der Waals surface area (Å²) in [7, 11) is -4.11. The molecule has 0 aliphatic rings. The molecule has 2 aromatic rings. The van der Waals surface area contributed by atoms with Crippen molar-refractivity contribution in [3.05, 3.63) is 59.2 Å². The van der Waals surface area contributed by atoms with Gasteiger partial charge in [-0.15, -0.1) is 0 Å². The van der Waals surface area contributed by atoms with Gasteiger partial charge in [-0.25, -0.2) is 0 Å². The van der Waals surface area contributed by atoms with Crippen LogP contribution in [0.5, 0.6) is 0 Å². The Morgan fingerprint density at radius 3 is 0.883 bits per heavy atom. The molecule has 5 heteroatoms. The zero-order valence-corrected chi connectivity index (χ0v) is 54.5. The maximum absolute atomic E-state index is 15.9. The number of hydrogen-bond donors (Lipinski definition) is 0. The van der Waals surface area contributed by atoms with E-state index in [0.29, 0.717) is 4.90 Å². The van der Waals surface area contributed by atoms with Gasteiger partial charge >= 0.3 is 311 Å². The van der Waals surface area contributed by atoms with Crippen LogP contribution in [0.2, 0.25) is 0 Å². The van der Waals surface area contributed by atoms with Crippen LogP contribution in [-0.4, -0.2) is 26.9 Å². The molecule has 0 aliphatic heterocycles. The van der Waals surface area contributed by atoms with E-state index in [1.165, 1.54) is 273 Å². The normalized spacial score (nSPS) is 12.7. The standard InChI is InChI=1S/C72H133O3PS/c1-7-13-19-22-25-28-31-34-37-40-43-46-49-53-58-68-63-64-72(77(73,74)75-76(65-16-10-4,66-17-11-5,67-18-12-6)69-59-54-52-55-60-69)71(62-57-51-48-45-42-39-36-33-30-27-24-21-15-9-3)70(68)61-56-50-47-44-41-38-35-32-29-26-23-20-14-8-2/h52,54-55,59-60,63-64H,7-51,53,56-58,61-62,65-67H2,1-6H3. The zero-order chi connectivity index (χ0) is 55.7. The minimum Gasteiger partial charge on any atom is -0.0654 e. The monoisotopic (exact) mass is 1110 g/mol. The summed E-state index contributed by atoms with van der Waals surface area (Å²) < 4.78 is 39.2. The zero-order valence-electron chi connectivity index (χ0n) is 52.8. The number of aryl methyl sites for hydroxylation is 1. The average molecular weight is 1110 g/mol. The minimum absolute atomic E-state index is 0.520. The van der Waals surface area contributed by atoms with Gasteiger partial charge in [-0.2, -0.15) is 0 Å². The van der Waals surface area contributed by atoms with Gasteiger partial charge < -0.3 is 0 Å². The fraction of sp³-hybridized carbons (Fsp3) is 0.833. The van der Waals surface area contributed by atoms with Crippen LogP contribution < -0.4 is 5.30 Å². The van der Waals surface area contributed by atoms with Crippen LogP contribution in [0.1, 0.15) is 366 Å². The van der Waals surface area contributed by atoms with Gasteiger partial charge in [0.05, 0.1) is 0 Å². The molecule has 0 atom stereocenters. The summed E-state index contributed by atoms with van der Waals surface area (Å²) in [6.45, 7) is 10.3. The maximum atomic E-state index is 15.9. The predicted octanol–water partition coefficient (Wildman–Crippen LogP) is 24.7. The molecule has 0 bridgehead atoms. The summed E-state index contributed by atoms with van der Waals surface area (Å²) in [5, 5.41) is 1.18. The fourth-order valence-corrected chi connectivity index (χ4v) is 22.7. The Hall–Kier alpha value is -1.22. The Morgan fingerprint density at radius 1 is 0.299 bits per heavy atom. The molecule has 0 saturated heterocycles. The molecule has 0 unspecified atom stereocenters. The first-order chi connectivity index (χ1) is 37.8. The van der Waals surface area contributed by atoms with E-state index in [1.807, 2.05) is 0 Å². The Balaban J connectivity index is 2.40. The van der Waals surface area contributed by atoms with Crippen LogP contribution in [0.4, 0.5) is 0 Å². The first kappa shape index (κ1) is 71.9. The van der Waals surface area contributed by atoms with Crippen molar-refractivity contribution in [1.29, 1.82) is 0 Å².